The molecule has 0 aliphatic heterocycles. The van der Waals surface area contributed by atoms with Crippen molar-refractivity contribution in [2.75, 3.05) is 0 Å². The van der Waals surface area contributed by atoms with Crippen molar-refractivity contribution < 1.29 is 18.3 Å². The van der Waals surface area contributed by atoms with Gasteiger partial charge in [0.25, 0.3) is 0 Å². The lowest BCUT2D eigenvalue weighted by atomic mass is 10.1. The molecule has 1 aliphatic rings. The molecule has 0 heterocycles. The first kappa shape index (κ1) is 11.9. The minimum Gasteiger partial charge on any atom is -0.464 e. The van der Waals surface area contributed by atoms with Gasteiger partial charge in [0.15, 0.2) is 0 Å². The molecular formula is C10H12N2O4S. The van der Waals surface area contributed by atoms with Crippen LogP contribution in [0.4, 0.5) is 4.79 Å². The molecule has 0 fully saturated rings. The van der Waals surface area contributed by atoms with Crippen LogP contribution in [0.25, 0.3) is 0 Å². The average Bonchev–Trinajstić information content (AvgIpc) is 2.59. The Hall–Kier alpha value is -1.60. The lowest BCUT2D eigenvalue weighted by molar-refractivity contribution is 0.201. The van der Waals surface area contributed by atoms with E-state index in [9.17, 15) is 13.2 Å². The molecule has 0 saturated heterocycles. The van der Waals surface area contributed by atoms with Crippen molar-refractivity contribution in [3.63, 3.8) is 0 Å². The molecule has 92 valence electrons. The van der Waals surface area contributed by atoms with Crippen molar-refractivity contribution in [1.29, 1.82) is 0 Å². The summed E-state index contributed by atoms with van der Waals surface area (Å²) in [6.45, 7) is 0. The van der Waals surface area contributed by atoms with Crippen LogP contribution in [-0.2, 0) is 16.6 Å². The second kappa shape index (κ2) is 4.34. The van der Waals surface area contributed by atoms with Gasteiger partial charge in [0.05, 0.1) is 0 Å². The van der Waals surface area contributed by atoms with Gasteiger partial charge >= 0.3 is 16.3 Å². The predicted octanol–water partition coefficient (Wildman–Crippen LogP) is 0.776. The standard InChI is InChI=1S/C10H12N2O4S/c13-10(14)12-17(15,16)11-9-6-5-7-3-1-2-4-8(7)9/h1-4,9,11-12H,5-6H2,(H,13,14). The third-order valence-electron chi connectivity index (χ3n) is 2.65. The SMILES string of the molecule is O=C(O)NS(=O)(=O)NC1CCc2ccccc21. The van der Waals surface area contributed by atoms with E-state index >= 15 is 0 Å². The van der Waals surface area contributed by atoms with Gasteiger partial charge in [-0.1, -0.05) is 24.3 Å². The van der Waals surface area contributed by atoms with E-state index in [1.165, 1.54) is 4.72 Å². The molecule has 17 heavy (non-hydrogen) atoms. The van der Waals surface area contributed by atoms with Crippen LogP contribution in [0.1, 0.15) is 23.6 Å². The van der Waals surface area contributed by atoms with Crippen molar-refractivity contribution in [2.24, 2.45) is 0 Å². The molecule has 6 nitrogen and oxygen atoms in total. The fourth-order valence-electron chi connectivity index (χ4n) is 2.01. The second-order valence-electron chi connectivity index (χ2n) is 3.82. The fraction of sp³-hybridized carbons (Fsp3) is 0.300. The van der Waals surface area contributed by atoms with Crippen LogP contribution in [0.3, 0.4) is 0 Å². The van der Waals surface area contributed by atoms with E-state index in [1.807, 2.05) is 24.3 Å². The summed E-state index contributed by atoms with van der Waals surface area (Å²) in [5, 5.41) is 8.39. The quantitative estimate of drug-likeness (QED) is 0.744. The Morgan fingerprint density at radius 2 is 2.06 bits per heavy atom. The zero-order valence-electron chi connectivity index (χ0n) is 8.88. The van der Waals surface area contributed by atoms with Crippen molar-refractivity contribution >= 4 is 16.3 Å². The van der Waals surface area contributed by atoms with Gasteiger partial charge in [-0.2, -0.15) is 13.1 Å². The topological polar surface area (TPSA) is 95.5 Å². The third-order valence-corrected chi connectivity index (χ3v) is 3.69. The summed E-state index contributed by atoms with van der Waals surface area (Å²) in [6.07, 6.45) is -0.167. The van der Waals surface area contributed by atoms with Crippen molar-refractivity contribution in [2.45, 2.75) is 18.9 Å². The molecule has 1 unspecified atom stereocenters. The minimum atomic E-state index is -4.01. The maximum atomic E-state index is 11.4. The number of aryl methyl sites for hydroxylation is 1. The van der Waals surface area contributed by atoms with Gasteiger partial charge in [0.2, 0.25) is 0 Å². The third kappa shape index (κ3) is 2.75. The Labute approximate surface area is 98.8 Å². The summed E-state index contributed by atoms with van der Waals surface area (Å²) in [5.41, 5.74) is 2.00. The van der Waals surface area contributed by atoms with E-state index in [0.717, 1.165) is 17.5 Å². The van der Waals surface area contributed by atoms with Gasteiger partial charge in [-0.05, 0) is 24.0 Å². The normalized spacial score (nSPS) is 18.7. The van der Waals surface area contributed by atoms with Crippen molar-refractivity contribution in [1.82, 2.24) is 9.44 Å². The molecule has 0 radical (unpaired) electrons. The first-order valence-electron chi connectivity index (χ1n) is 5.09. The summed E-state index contributed by atoms with van der Waals surface area (Å²) in [7, 11) is -4.01. The molecule has 0 aromatic heterocycles. The molecule has 1 atom stereocenters. The number of amides is 1. The van der Waals surface area contributed by atoms with Crippen LogP contribution in [0, 0.1) is 0 Å². The molecule has 3 N–H and O–H groups in total. The molecule has 1 aromatic rings. The zero-order valence-corrected chi connectivity index (χ0v) is 9.70. The van der Waals surface area contributed by atoms with Crippen molar-refractivity contribution in [3.8, 4) is 0 Å². The van der Waals surface area contributed by atoms with E-state index in [1.54, 1.807) is 0 Å². The molecule has 1 aromatic carbocycles. The monoisotopic (exact) mass is 256 g/mol. The van der Waals surface area contributed by atoms with Crippen LogP contribution in [0.15, 0.2) is 24.3 Å². The number of carboxylic acid groups (broad SMARTS) is 1. The summed E-state index contributed by atoms with van der Waals surface area (Å²) in [6, 6.07) is 7.15. The maximum absolute atomic E-state index is 11.4. The van der Waals surface area contributed by atoms with Crippen LogP contribution >= 0.6 is 0 Å². The maximum Gasteiger partial charge on any atom is 0.419 e. The van der Waals surface area contributed by atoms with E-state index in [-0.39, 0.29) is 6.04 Å². The minimum absolute atomic E-state index is 0.358. The molecule has 1 amide bonds. The second-order valence-corrected chi connectivity index (χ2v) is 5.27. The molecular weight excluding hydrogens is 244 g/mol. The predicted molar refractivity (Wildman–Crippen MR) is 60.7 cm³/mol. The van der Waals surface area contributed by atoms with Gasteiger partial charge in [0.1, 0.15) is 0 Å². The number of rotatable bonds is 3. The fourth-order valence-corrected chi connectivity index (χ4v) is 2.92. The lowest BCUT2D eigenvalue weighted by Crippen LogP contribution is -2.40. The van der Waals surface area contributed by atoms with Gasteiger partial charge in [0, 0.05) is 6.04 Å². The van der Waals surface area contributed by atoms with Gasteiger partial charge in [-0.15, -0.1) is 0 Å². The highest BCUT2D eigenvalue weighted by Crippen LogP contribution is 2.30. The Bertz CT molecular complexity index is 541. The summed E-state index contributed by atoms with van der Waals surface area (Å²) < 4.78 is 26.6. The molecule has 0 spiro atoms. The van der Waals surface area contributed by atoms with E-state index in [2.05, 4.69) is 4.72 Å². The summed E-state index contributed by atoms with van der Waals surface area (Å²) in [5.74, 6) is 0. The highest BCUT2D eigenvalue weighted by atomic mass is 32.2. The Kier molecular flexibility index (Phi) is 3.03. The summed E-state index contributed by atoms with van der Waals surface area (Å²) >= 11 is 0. The Balaban J connectivity index is 2.15. The molecule has 0 bridgehead atoms. The van der Waals surface area contributed by atoms with Gasteiger partial charge in [-0.3, -0.25) is 0 Å². The summed E-state index contributed by atoms with van der Waals surface area (Å²) in [4.78, 5) is 10.3. The van der Waals surface area contributed by atoms with E-state index < -0.39 is 16.3 Å². The highest BCUT2D eigenvalue weighted by Gasteiger charge is 2.26. The largest absolute Gasteiger partial charge is 0.464 e. The lowest BCUT2D eigenvalue weighted by Gasteiger charge is -2.13. The molecule has 0 saturated carbocycles. The van der Waals surface area contributed by atoms with Gasteiger partial charge in [-0.25, -0.2) is 9.52 Å². The highest BCUT2D eigenvalue weighted by molar-refractivity contribution is 7.88. The van der Waals surface area contributed by atoms with Crippen LogP contribution < -0.4 is 9.44 Å². The first-order chi connectivity index (χ1) is 7.98. The van der Waals surface area contributed by atoms with E-state index in [4.69, 9.17) is 5.11 Å². The van der Waals surface area contributed by atoms with E-state index in [0.29, 0.717) is 6.42 Å². The number of hydrogen-bond donors (Lipinski definition) is 3. The van der Waals surface area contributed by atoms with Crippen LogP contribution in [0.2, 0.25) is 0 Å². The smallest absolute Gasteiger partial charge is 0.419 e. The molecule has 2 rings (SSSR count). The molecule has 7 heteroatoms. The zero-order chi connectivity index (χ0) is 12.5. The molecule has 1 aliphatic carbocycles. The van der Waals surface area contributed by atoms with Gasteiger partial charge < -0.3 is 5.11 Å². The number of benzene rings is 1. The Morgan fingerprint density at radius 3 is 2.76 bits per heavy atom. The van der Waals surface area contributed by atoms with Crippen LogP contribution in [0.5, 0.6) is 0 Å². The van der Waals surface area contributed by atoms with Crippen LogP contribution in [-0.4, -0.2) is 19.6 Å². The number of carbonyl (C=O) groups is 1. The van der Waals surface area contributed by atoms with Crippen molar-refractivity contribution in [3.05, 3.63) is 35.4 Å². The number of fused-ring (bicyclic) bond motifs is 1. The Morgan fingerprint density at radius 1 is 1.35 bits per heavy atom. The average molecular weight is 256 g/mol. The number of hydrogen-bond acceptors (Lipinski definition) is 3. The first-order valence-corrected chi connectivity index (χ1v) is 6.57. The number of nitrogens with one attached hydrogen (secondary N) is 2.